The second kappa shape index (κ2) is 5.95. The molecule has 3 rings (SSSR count). The van der Waals surface area contributed by atoms with E-state index in [0.29, 0.717) is 17.7 Å². The molecular formula is C18H15NO3. The van der Waals surface area contributed by atoms with Crippen molar-refractivity contribution in [1.29, 1.82) is 0 Å². The van der Waals surface area contributed by atoms with Gasteiger partial charge in [-0.3, -0.25) is 9.59 Å². The predicted molar refractivity (Wildman–Crippen MR) is 82.2 cm³/mol. The average Bonchev–Trinajstić information content (AvgIpc) is 2.85. The molecule has 0 saturated carbocycles. The number of nitrogens with zero attached hydrogens (tertiary/aromatic N) is 1. The number of amides is 2. The highest BCUT2D eigenvalue weighted by Gasteiger charge is 2.36. The van der Waals surface area contributed by atoms with Crippen LogP contribution in [-0.4, -0.2) is 23.3 Å². The Morgan fingerprint density at radius 3 is 2.18 bits per heavy atom. The summed E-state index contributed by atoms with van der Waals surface area (Å²) >= 11 is 0. The van der Waals surface area contributed by atoms with Gasteiger partial charge in [0.2, 0.25) is 0 Å². The first kappa shape index (κ1) is 13.0. The summed E-state index contributed by atoms with van der Waals surface area (Å²) in [5.74, 6) is -0.820. The molecule has 22 heavy (non-hydrogen) atoms. The number of carbonyl (C=O) groups is 2. The molecule has 0 fully saturated rings. The number of imide groups is 1. The number of rotatable bonds is 5. The highest BCUT2D eigenvalue weighted by atomic mass is 16.5. The Balaban J connectivity index is 1.70. The van der Waals surface area contributed by atoms with Crippen LogP contribution in [0.1, 0.15) is 27.7 Å². The normalized spacial score (nSPS) is 15.0. The van der Waals surface area contributed by atoms with Gasteiger partial charge >= 0.3 is 0 Å². The molecule has 4 heteroatoms. The van der Waals surface area contributed by atoms with Crippen molar-refractivity contribution in [2.24, 2.45) is 0 Å². The van der Waals surface area contributed by atoms with Crippen LogP contribution in [0.3, 0.4) is 0 Å². The third kappa shape index (κ3) is 2.56. The highest BCUT2D eigenvalue weighted by Crippen LogP contribution is 2.25. The number of hydrogen-bond acceptors (Lipinski definition) is 3. The number of carbonyl (C=O) groups excluding carboxylic acids is 2. The van der Waals surface area contributed by atoms with Crippen LogP contribution in [0.4, 0.5) is 0 Å². The van der Waals surface area contributed by atoms with E-state index in [2.05, 4.69) is 0 Å². The van der Waals surface area contributed by atoms with Crippen molar-refractivity contribution in [2.45, 2.75) is 6.61 Å². The van der Waals surface area contributed by atoms with Crippen molar-refractivity contribution in [2.75, 3.05) is 6.61 Å². The largest absolute Gasteiger partial charge is 0.371 e. The van der Waals surface area contributed by atoms with Crippen LogP contribution in [0.5, 0.6) is 0 Å². The van der Waals surface area contributed by atoms with E-state index < -0.39 is 11.8 Å². The smallest absolute Gasteiger partial charge is 0.265 e. The number of fused-ring (bicyclic) bond motifs is 1. The first-order chi connectivity index (χ1) is 11.2. The Hall–Kier alpha value is -2.72. The number of ether oxygens (including phenoxy) is 1. The molecule has 1 aliphatic rings. The summed E-state index contributed by atoms with van der Waals surface area (Å²) < 4.78 is 13.1. The van der Waals surface area contributed by atoms with Crippen molar-refractivity contribution >= 4 is 11.8 Å². The Morgan fingerprint density at radius 2 is 1.59 bits per heavy atom. The van der Waals surface area contributed by atoms with E-state index in [1.54, 1.807) is 24.3 Å². The van der Waals surface area contributed by atoms with Gasteiger partial charge in [0, 0.05) is 5.70 Å². The van der Waals surface area contributed by atoms with Gasteiger partial charge in [-0.2, -0.15) is 0 Å². The maximum atomic E-state index is 12.4. The molecule has 0 spiro atoms. The van der Waals surface area contributed by atoms with E-state index in [9.17, 15) is 9.59 Å². The van der Waals surface area contributed by atoms with Crippen LogP contribution in [-0.2, 0) is 11.3 Å². The SMILES string of the molecule is [2H]C=C(COCc1ccccc1)N1C(=O)c2ccccc2C1=O. The van der Waals surface area contributed by atoms with E-state index in [1.165, 1.54) is 0 Å². The summed E-state index contributed by atoms with van der Waals surface area (Å²) in [6.45, 7) is 1.36. The third-order valence-electron chi connectivity index (χ3n) is 3.44. The van der Waals surface area contributed by atoms with Gasteiger partial charge in [0.15, 0.2) is 0 Å². The Bertz CT molecular complexity index is 736. The van der Waals surface area contributed by atoms with Crippen LogP contribution in [0.25, 0.3) is 0 Å². The van der Waals surface area contributed by atoms with E-state index in [0.717, 1.165) is 17.0 Å². The second-order valence-corrected chi connectivity index (χ2v) is 4.96. The first-order valence-electron chi connectivity index (χ1n) is 7.47. The quantitative estimate of drug-likeness (QED) is 0.796. The summed E-state index contributed by atoms with van der Waals surface area (Å²) in [5.41, 5.74) is 1.94. The van der Waals surface area contributed by atoms with E-state index in [1.807, 2.05) is 30.3 Å². The lowest BCUT2D eigenvalue weighted by Crippen LogP contribution is -2.30. The lowest BCUT2D eigenvalue weighted by molar-refractivity contribution is 0.0646. The van der Waals surface area contributed by atoms with Crippen molar-refractivity contribution in [3.63, 3.8) is 0 Å². The van der Waals surface area contributed by atoms with Crippen molar-refractivity contribution in [3.05, 3.63) is 83.5 Å². The minimum Gasteiger partial charge on any atom is -0.371 e. The maximum absolute atomic E-state index is 12.4. The lowest BCUT2D eigenvalue weighted by Gasteiger charge is -2.16. The molecule has 0 saturated heterocycles. The Labute approximate surface area is 130 Å². The fraction of sp³-hybridized carbons (Fsp3) is 0.111. The first-order valence-corrected chi connectivity index (χ1v) is 6.89. The van der Waals surface area contributed by atoms with Crippen LogP contribution in [0.15, 0.2) is 66.8 Å². The van der Waals surface area contributed by atoms with Gasteiger partial charge in [-0.05, 0) is 17.7 Å². The zero-order valence-electron chi connectivity index (χ0n) is 12.9. The summed E-state index contributed by atoms with van der Waals surface area (Å²) in [5, 5.41) is 0. The molecule has 0 atom stereocenters. The van der Waals surface area contributed by atoms with Crippen LogP contribution in [0.2, 0.25) is 0 Å². The average molecular weight is 294 g/mol. The summed E-state index contributed by atoms with van der Waals surface area (Å²) in [6.07, 6.45) is 0. The van der Waals surface area contributed by atoms with Crippen LogP contribution in [0, 0.1) is 0 Å². The van der Waals surface area contributed by atoms with Crippen LogP contribution < -0.4 is 0 Å². The molecule has 4 nitrogen and oxygen atoms in total. The Kier molecular flexibility index (Phi) is 3.51. The van der Waals surface area contributed by atoms with E-state index in [-0.39, 0.29) is 12.3 Å². The summed E-state index contributed by atoms with van der Waals surface area (Å²) in [4.78, 5) is 25.7. The maximum Gasteiger partial charge on any atom is 0.265 e. The molecular weight excluding hydrogens is 278 g/mol. The molecule has 0 aliphatic carbocycles. The number of benzene rings is 2. The molecule has 110 valence electrons. The zero-order chi connectivity index (χ0) is 16.2. The zero-order valence-corrected chi connectivity index (χ0v) is 11.9. The monoisotopic (exact) mass is 294 g/mol. The van der Waals surface area contributed by atoms with Gasteiger partial charge < -0.3 is 4.74 Å². The lowest BCUT2D eigenvalue weighted by atomic mass is 10.1. The van der Waals surface area contributed by atoms with Gasteiger partial charge in [0.1, 0.15) is 0 Å². The second-order valence-electron chi connectivity index (χ2n) is 4.96. The van der Waals surface area contributed by atoms with E-state index >= 15 is 0 Å². The fourth-order valence-electron chi connectivity index (χ4n) is 2.36. The molecule has 1 aliphatic heterocycles. The topological polar surface area (TPSA) is 46.6 Å². The van der Waals surface area contributed by atoms with Gasteiger partial charge in [-0.25, -0.2) is 4.90 Å². The predicted octanol–water partition coefficient (Wildman–Crippen LogP) is 3.01. The molecule has 1 heterocycles. The van der Waals surface area contributed by atoms with E-state index in [4.69, 9.17) is 6.11 Å². The van der Waals surface area contributed by atoms with Crippen molar-refractivity contribution in [3.8, 4) is 0 Å². The molecule has 0 radical (unpaired) electrons. The molecule has 0 N–H and O–H groups in total. The van der Waals surface area contributed by atoms with Crippen molar-refractivity contribution in [1.82, 2.24) is 4.90 Å². The molecule has 0 unspecified atom stereocenters. The molecule has 0 aromatic heterocycles. The minimum atomic E-state index is -0.410. The third-order valence-corrected chi connectivity index (χ3v) is 3.44. The van der Waals surface area contributed by atoms with Crippen LogP contribution >= 0.6 is 0 Å². The molecule has 2 amide bonds. The number of hydrogen-bond donors (Lipinski definition) is 0. The summed E-state index contributed by atoms with van der Waals surface area (Å²) in [7, 11) is 0. The highest BCUT2D eigenvalue weighted by molar-refractivity contribution is 6.22. The van der Waals surface area contributed by atoms with Gasteiger partial charge in [-0.15, -0.1) is 0 Å². The minimum absolute atomic E-state index is 0.0177. The van der Waals surface area contributed by atoms with Gasteiger partial charge in [0.25, 0.3) is 11.8 Å². The van der Waals surface area contributed by atoms with Gasteiger partial charge in [-0.1, -0.05) is 49.0 Å². The van der Waals surface area contributed by atoms with Gasteiger partial charge in [0.05, 0.1) is 25.7 Å². The summed E-state index contributed by atoms with van der Waals surface area (Å²) in [6, 6.07) is 16.2. The standard InChI is InChI=1S/C18H15NO3/c1-13(11-22-12-14-7-3-2-4-8-14)19-17(20)15-9-5-6-10-16(15)18(19)21/h2-10H,1,11-12H2/i1D. The molecule has 2 aromatic carbocycles. The molecule has 0 bridgehead atoms. The van der Waals surface area contributed by atoms with Crippen molar-refractivity contribution < 1.29 is 15.7 Å². The molecule has 2 aromatic rings. The Morgan fingerprint density at radius 1 is 1.00 bits per heavy atom. The fourth-order valence-corrected chi connectivity index (χ4v) is 2.36.